The van der Waals surface area contributed by atoms with Gasteiger partial charge in [-0.2, -0.15) is 5.10 Å². The number of esters is 1. The van der Waals surface area contributed by atoms with Crippen molar-refractivity contribution in [1.82, 2.24) is 5.43 Å². The highest BCUT2D eigenvalue weighted by Crippen LogP contribution is 2.29. The average molecular weight is 500 g/mol. The van der Waals surface area contributed by atoms with Crippen molar-refractivity contribution in [2.24, 2.45) is 5.10 Å². The van der Waals surface area contributed by atoms with E-state index in [1.807, 2.05) is 6.92 Å². The second-order valence-electron chi connectivity index (χ2n) is 6.67. The number of amides is 2. The molecule has 0 aliphatic carbocycles. The van der Waals surface area contributed by atoms with Gasteiger partial charge in [-0.3, -0.25) is 9.59 Å². The van der Waals surface area contributed by atoms with Crippen LogP contribution in [0.4, 0.5) is 5.69 Å². The van der Waals surface area contributed by atoms with Crippen LogP contribution in [0.25, 0.3) is 0 Å². The molecule has 2 N–H and O–H groups in total. The van der Waals surface area contributed by atoms with Crippen molar-refractivity contribution in [3.63, 3.8) is 0 Å². The molecule has 2 amide bonds. The Labute approximate surface area is 205 Å². The minimum Gasteiger partial charge on any atom is -0.494 e. The molecule has 0 heterocycles. The molecule has 3 aromatic rings. The summed E-state index contributed by atoms with van der Waals surface area (Å²) in [7, 11) is 0. The van der Waals surface area contributed by atoms with Gasteiger partial charge in [-0.15, -0.1) is 0 Å². The van der Waals surface area contributed by atoms with E-state index >= 15 is 0 Å². The molecule has 34 heavy (non-hydrogen) atoms. The first-order valence-electron chi connectivity index (χ1n) is 10.0. The van der Waals surface area contributed by atoms with Gasteiger partial charge in [-0.1, -0.05) is 29.3 Å². The molecule has 0 aromatic heterocycles. The number of hydrogen-bond acceptors (Lipinski definition) is 6. The summed E-state index contributed by atoms with van der Waals surface area (Å²) >= 11 is 11.9. The van der Waals surface area contributed by atoms with Crippen LogP contribution in [0.3, 0.4) is 0 Å². The monoisotopic (exact) mass is 499 g/mol. The molecule has 3 aromatic carbocycles. The lowest BCUT2D eigenvalue weighted by Gasteiger charge is -2.07. The number of nitrogens with zero attached hydrogens (tertiary/aromatic N) is 1. The standard InChI is InChI=1S/C24H19Cl2N3O5/c1-2-33-17-12-8-16(9-13-17)24(32)34-18-10-6-15(7-11-18)14-27-29-23(31)22(30)28-20-5-3-4-19(25)21(20)26/h3-14H,2H2,1H3,(H,28,30)(H,29,31)/b27-14+. The summed E-state index contributed by atoms with van der Waals surface area (Å²) in [6.07, 6.45) is 1.33. The van der Waals surface area contributed by atoms with Crippen LogP contribution in [-0.2, 0) is 9.59 Å². The van der Waals surface area contributed by atoms with Gasteiger partial charge in [0.2, 0.25) is 0 Å². The third-order valence-electron chi connectivity index (χ3n) is 4.28. The van der Waals surface area contributed by atoms with E-state index in [1.165, 1.54) is 12.3 Å². The van der Waals surface area contributed by atoms with Gasteiger partial charge in [-0.25, -0.2) is 10.2 Å². The first kappa shape index (κ1) is 24.8. The zero-order valence-corrected chi connectivity index (χ0v) is 19.4. The Balaban J connectivity index is 1.51. The summed E-state index contributed by atoms with van der Waals surface area (Å²) in [6, 6.07) is 17.7. The van der Waals surface area contributed by atoms with Gasteiger partial charge < -0.3 is 14.8 Å². The molecule has 174 valence electrons. The number of anilines is 1. The fraction of sp³-hybridized carbons (Fsp3) is 0.0833. The quantitative estimate of drug-likeness (QED) is 0.161. The Morgan fingerprint density at radius 3 is 2.26 bits per heavy atom. The maximum Gasteiger partial charge on any atom is 0.343 e. The van der Waals surface area contributed by atoms with E-state index in [4.69, 9.17) is 32.7 Å². The smallest absolute Gasteiger partial charge is 0.343 e. The summed E-state index contributed by atoms with van der Waals surface area (Å²) in [5, 5.41) is 6.46. The minimum atomic E-state index is -0.992. The molecule has 0 spiro atoms. The number of hydrazone groups is 1. The number of nitrogens with one attached hydrogen (secondary N) is 2. The van der Waals surface area contributed by atoms with Gasteiger partial charge in [0.15, 0.2) is 0 Å². The Morgan fingerprint density at radius 1 is 0.912 bits per heavy atom. The van der Waals surface area contributed by atoms with Gasteiger partial charge in [-0.05, 0) is 73.2 Å². The van der Waals surface area contributed by atoms with Gasteiger partial charge in [0.05, 0.1) is 34.1 Å². The SMILES string of the molecule is CCOc1ccc(C(=O)Oc2ccc(/C=N/NC(=O)C(=O)Nc3cccc(Cl)c3Cl)cc2)cc1. The van der Waals surface area contributed by atoms with Gasteiger partial charge >= 0.3 is 17.8 Å². The molecular formula is C24H19Cl2N3O5. The molecule has 0 radical (unpaired) electrons. The first-order chi connectivity index (χ1) is 16.4. The van der Waals surface area contributed by atoms with E-state index in [1.54, 1.807) is 60.7 Å². The first-order valence-corrected chi connectivity index (χ1v) is 10.8. The van der Waals surface area contributed by atoms with Crippen LogP contribution in [0.5, 0.6) is 11.5 Å². The molecular weight excluding hydrogens is 481 g/mol. The lowest BCUT2D eigenvalue weighted by molar-refractivity contribution is -0.136. The van der Waals surface area contributed by atoms with E-state index in [0.717, 1.165) is 0 Å². The van der Waals surface area contributed by atoms with Crippen LogP contribution in [0.2, 0.25) is 10.0 Å². The van der Waals surface area contributed by atoms with Crippen molar-refractivity contribution in [1.29, 1.82) is 0 Å². The van der Waals surface area contributed by atoms with Crippen LogP contribution in [0, 0.1) is 0 Å². The minimum absolute atomic E-state index is 0.122. The summed E-state index contributed by atoms with van der Waals surface area (Å²) in [4.78, 5) is 36.2. The van der Waals surface area contributed by atoms with Crippen LogP contribution in [-0.4, -0.2) is 30.6 Å². The number of ether oxygens (including phenoxy) is 2. The van der Waals surface area contributed by atoms with Gasteiger partial charge in [0.1, 0.15) is 11.5 Å². The summed E-state index contributed by atoms with van der Waals surface area (Å²) < 4.78 is 10.7. The molecule has 10 heteroatoms. The highest BCUT2D eigenvalue weighted by molar-refractivity contribution is 6.45. The number of carbonyl (C=O) groups excluding carboxylic acids is 3. The third-order valence-corrected chi connectivity index (χ3v) is 5.10. The van der Waals surface area contributed by atoms with Crippen LogP contribution >= 0.6 is 23.2 Å². The Bertz CT molecular complexity index is 1210. The predicted molar refractivity (Wildman–Crippen MR) is 130 cm³/mol. The lowest BCUT2D eigenvalue weighted by atomic mass is 10.2. The van der Waals surface area contributed by atoms with Crippen LogP contribution in [0.15, 0.2) is 71.8 Å². The summed E-state index contributed by atoms with van der Waals surface area (Å²) in [5.41, 5.74) is 3.30. The van der Waals surface area contributed by atoms with E-state index in [0.29, 0.717) is 29.2 Å². The molecule has 0 fully saturated rings. The fourth-order valence-electron chi connectivity index (χ4n) is 2.64. The van der Waals surface area contributed by atoms with E-state index in [9.17, 15) is 14.4 Å². The van der Waals surface area contributed by atoms with E-state index in [-0.39, 0.29) is 15.7 Å². The molecule has 0 aliphatic rings. The molecule has 0 atom stereocenters. The van der Waals surface area contributed by atoms with Crippen LogP contribution in [0.1, 0.15) is 22.8 Å². The van der Waals surface area contributed by atoms with Crippen molar-refractivity contribution in [3.8, 4) is 11.5 Å². The highest BCUT2D eigenvalue weighted by atomic mass is 35.5. The van der Waals surface area contributed by atoms with Crippen molar-refractivity contribution in [2.75, 3.05) is 11.9 Å². The molecule has 8 nitrogen and oxygen atoms in total. The molecule has 3 rings (SSSR count). The zero-order valence-electron chi connectivity index (χ0n) is 17.9. The maximum absolute atomic E-state index is 12.3. The summed E-state index contributed by atoms with van der Waals surface area (Å²) in [5.74, 6) is -1.47. The van der Waals surface area contributed by atoms with Crippen molar-refractivity contribution in [2.45, 2.75) is 6.92 Å². The number of halogens is 2. The van der Waals surface area contributed by atoms with Gasteiger partial charge in [0, 0.05) is 0 Å². The average Bonchev–Trinajstić information content (AvgIpc) is 2.83. The fourth-order valence-corrected chi connectivity index (χ4v) is 2.99. The largest absolute Gasteiger partial charge is 0.494 e. The Kier molecular flexibility index (Phi) is 8.61. The molecule has 0 saturated heterocycles. The molecule has 0 saturated carbocycles. The molecule has 0 bridgehead atoms. The van der Waals surface area contributed by atoms with Crippen LogP contribution < -0.4 is 20.2 Å². The van der Waals surface area contributed by atoms with E-state index < -0.39 is 17.8 Å². The number of carbonyl (C=O) groups is 3. The molecule has 0 aliphatic heterocycles. The predicted octanol–water partition coefficient (Wildman–Crippen LogP) is 4.70. The summed E-state index contributed by atoms with van der Waals surface area (Å²) in [6.45, 7) is 2.41. The van der Waals surface area contributed by atoms with Crippen molar-refractivity contribution >= 4 is 52.9 Å². The normalized spacial score (nSPS) is 10.6. The number of hydrogen-bond donors (Lipinski definition) is 2. The maximum atomic E-state index is 12.3. The number of rotatable bonds is 7. The van der Waals surface area contributed by atoms with Crippen molar-refractivity contribution in [3.05, 3.63) is 87.9 Å². The zero-order chi connectivity index (χ0) is 24.5. The van der Waals surface area contributed by atoms with E-state index in [2.05, 4.69) is 15.8 Å². The third kappa shape index (κ3) is 6.81. The highest BCUT2D eigenvalue weighted by Gasteiger charge is 2.15. The number of benzene rings is 3. The second kappa shape index (κ2) is 11.8. The van der Waals surface area contributed by atoms with Crippen molar-refractivity contribution < 1.29 is 23.9 Å². The second-order valence-corrected chi connectivity index (χ2v) is 7.46. The Hall–Kier alpha value is -3.88. The van der Waals surface area contributed by atoms with Gasteiger partial charge in [0.25, 0.3) is 0 Å². The lowest BCUT2D eigenvalue weighted by Crippen LogP contribution is -2.32. The molecule has 0 unspecified atom stereocenters. The topological polar surface area (TPSA) is 106 Å². The Morgan fingerprint density at radius 2 is 1.59 bits per heavy atom.